The van der Waals surface area contributed by atoms with Crippen LogP contribution in [0, 0.1) is 13.8 Å². The molecule has 3 rings (SSSR count). The van der Waals surface area contributed by atoms with E-state index in [-0.39, 0.29) is 17.7 Å². The van der Waals surface area contributed by atoms with Crippen LogP contribution in [0.4, 0.5) is 5.13 Å². The van der Waals surface area contributed by atoms with Crippen LogP contribution in [0.2, 0.25) is 0 Å². The third kappa shape index (κ3) is 6.43. The highest BCUT2D eigenvalue weighted by atomic mass is 32.2. The molecule has 1 amide bonds. The van der Waals surface area contributed by atoms with E-state index in [0.717, 1.165) is 48.0 Å². The number of aromatic nitrogens is 4. The van der Waals surface area contributed by atoms with Crippen LogP contribution in [0.25, 0.3) is 11.3 Å². The number of aryl methyl sites for hydroxylation is 2. The minimum Gasteiger partial charge on any atom is -0.305 e. The molecule has 7 nitrogen and oxygen atoms in total. The van der Waals surface area contributed by atoms with Gasteiger partial charge in [-0.3, -0.25) is 9.69 Å². The van der Waals surface area contributed by atoms with E-state index in [9.17, 15) is 4.79 Å². The Morgan fingerprint density at radius 2 is 2.00 bits per heavy atom. The van der Waals surface area contributed by atoms with Crippen molar-refractivity contribution in [3.8, 4) is 11.3 Å². The van der Waals surface area contributed by atoms with E-state index >= 15 is 0 Å². The van der Waals surface area contributed by atoms with E-state index in [2.05, 4.69) is 90.0 Å². The highest BCUT2D eigenvalue weighted by Crippen LogP contribution is 2.28. The van der Waals surface area contributed by atoms with Gasteiger partial charge in [-0.15, -0.1) is 21.5 Å². The van der Waals surface area contributed by atoms with Gasteiger partial charge >= 0.3 is 0 Å². The summed E-state index contributed by atoms with van der Waals surface area (Å²) in [6.07, 6.45) is 3.10. The van der Waals surface area contributed by atoms with E-state index in [4.69, 9.17) is 0 Å². The minimum absolute atomic E-state index is 0.0905. The lowest BCUT2D eigenvalue weighted by Crippen LogP contribution is -2.23. The molecule has 2 aromatic heterocycles. The number of carbonyl (C=O) groups is 1. The van der Waals surface area contributed by atoms with Gasteiger partial charge in [0.2, 0.25) is 5.91 Å². The second kappa shape index (κ2) is 11.8. The van der Waals surface area contributed by atoms with Crippen molar-refractivity contribution in [1.82, 2.24) is 24.6 Å². The van der Waals surface area contributed by atoms with Crippen molar-refractivity contribution in [2.24, 2.45) is 0 Å². The molecule has 0 aliphatic carbocycles. The number of benzene rings is 1. The first-order chi connectivity index (χ1) is 15.8. The second-order valence-electron chi connectivity index (χ2n) is 8.41. The molecule has 1 aromatic carbocycles. The molecule has 0 aliphatic rings. The molecule has 2 heterocycles. The van der Waals surface area contributed by atoms with Gasteiger partial charge in [-0.25, -0.2) is 4.98 Å². The number of nitrogens with one attached hydrogen (secondary N) is 1. The van der Waals surface area contributed by atoms with Crippen LogP contribution in [0.3, 0.4) is 0 Å². The normalized spacial score (nSPS) is 12.3. The molecule has 0 fully saturated rings. The molecule has 1 N–H and O–H groups in total. The Morgan fingerprint density at radius 3 is 2.67 bits per heavy atom. The van der Waals surface area contributed by atoms with Crippen LogP contribution in [0.1, 0.15) is 56.1 Å². The van der Waals surface area contributed by atoms with Crippen molar-refractivity contribution >= 4 is 34.1 Å². The predicted molar refractivity (Wildman–Crippen MR) is 138 cm³/mol. The molecule has 0 aliphatic heterocycles. The lowest BCUT2D eigenvalue weighted by molar-refractivity contribution is -0.113. The fourth-order valence-corrected chi connectivity index (χ4v) is 5.12. The summed E-state index contributed by atoms with van der Waals surface area (Å²) in [4.78, 5) is 19.4. The Labute approximate surface area is 205 Å². The number of rotatable bonds is 11. The van der Waals surface area contributed by atoms with E-state index in [1.165, 1.54) is 34.2 Å². The van der Waals surface area contributed by atoms with Crippen molar-refractivity contribution in [3.05, 3.63) is 40.5 Å². The Balaban J connectivity index is 1.65. The fraction of sp³-hybridized carbons (Fsp3) is 0.500. The zero-order valence-electron chi connectivity index (χ0n) is 20.4. The summed E-state index contributed by atoms with van der Waals surface area (Å²) in [5, 5.41) is 15.2. The third-order valence-corrected chi connectivity index (χ3v) is 7.40. The quantitative estimate of drug-likeness (QED) is 0.358. The zero-order valence-corrected chi connectivity index (χ0v) is 22.0. The van der Waals surface area contributed by atoms with Crippen LogP contribution in [0.15, 0.2) is 28.7 Å². The number of carbonyl (C=O) groups excluding carboxylic acids is 1. The Morgan fingerprint density at radius 1 is 1.21 bits per heavy atom. The number of thiazole rings is 1. The number of nitrogens with zero attached hydrogens (tertiary/aromatic N) is 5. The summed E-state index contributed by atoms with van der Waals surface area (Å²) in [7, 11) is 4.13. The lowest BCUT2D eigenvalue weighted by Gasteiger charge is -2.23. The largest absolute Gasteiger partial charge is 0.305 e. The van der Waals surface area contributed by atoms with Gasteiger partial charge in [0, 0.05) is 17.5 Å². The van der Waals surface area contributed by atoms with E-state index in [0.29, 0.717) is 5.13 Å². The number of anilines is 1. The predicted octanol–water partition coefficient (Wildman–Crippen LogP) is 5.56. The Hall–Kier alpha value is -2.23. The molecular formula is C24H34N6OS2. The topological polar surface area (TPSA) is 75.9 Å². The first kappa shape index (κ1) is 25.4. The van der Waals surface area contributed by atoms with Crippen LogP contribution in [0.5, 0.6) is 0 Å². The van der Waals surface area contributed by atoms with E-state index in [1.54, 1.807) is 0 Å². The SMILES string of the molecule is CCCCn1c(SCC(=O)Nc2nc(-c3ccc(C)c(C)c3)cs2)nnc1C(CC)N(C)C. The van der Waals surface area contributed by atoms with E-state index in [1.807, 2.05) is 5.38 Å². The zero-order chi connectivity index (χ0) is 24.0. The highest BCUT2D eigenvalue weighted by molar-refractivity contribution is 7.99. The molecule has 33 heavy (non-hydrogen) atoms. The maximum atomic E-state index is 12.6. The van der Waals surface area contributed by atoms with Crippen LogP contribution in [-0.2, 0) is 11.3 Å². The van der Waals surface area contributed by atoms with Gasteiger partial charge in [0.15, 0.2) is 16.1 Å². The number of amides is 1. The molecule has 178 valence electrons. The molecule has 3 aromatic rings. The summed E-state index contributed by atoms with van der Waals surface area (Å²) in [5.41, 5.74) is 4.43. The smallest absolute Gasteiger partial charge is 0.236 e. The van der Waals surface area contributed by atoms with Gasteiger partial charge < -0.3 is 9.88 Å². The van der Waals surface area contributed by atoms with Gasteiger partial charge in [0.1, 0.15) is 0 Å². The summed E-state index contributed by atoms with van der Waals surface area (Å²) >= 11 is 2.87. The van der Waals surface area contributed by atoms with Crippen molar-refractivity contribution in [1.29, 1.82) is 0 Å². The van der Waals surface area contributed by atoms with Crippen LogP contribution in [-0.4, -0.2) is 50.4 Å². The van der Waals surface area contributed by atoms with Gasteiger partial charge in [-0.05, 0) is 58.0 Å². The first-order valence-corrected chi connectivity index (χ1v) is 13.3. The molecule has 9 heteroatoms. The summed E-state index contributed by atoms with van der Waals surface area (Å²) < 4.78 is 2.18. The van der Waals surface area contributed by atoms with Gasteiger partial charge in [-0.2, -0.15) is 0 Å². The number of unbranched alkanes of at least 4 members (excludes halogenated alkanes) is 1. The van der Waals surface area contributed by atoms with Crippen molar-refractivity contribution in [2.75, 3.05) is 25.2 Å². The summed E-state index contributed by atoms with van der Waals surface area (Å²) in [5.74, 6) is 1.14. The molecule has 0 spiro atoms. The average molecular weight is 487 g/mol. The molecular weight excluding hydrogens is 452 g/mol. The Kier molecular flexibility index (Phi) is 9.05. The maximum Gasteiger partial charge on any atom is 0.236 e. The standard InChI is InChI=1S/C24H34N6OS2/c1-7-9-12-30-22(20(8-2)29(5)6)27-28-24(30)33-15-21(31)26-23-25-19(14-32-23)18-11-10-16(3)17(4)13-18/h10-11,13-14,20H,7-9,12,15H2,1-6H3,(H,25,26,31). The molecule has 0 saturated heterocycles. The summed E-state index contributed by atoms with van der Waals surface area (Å²) in [6, 6.07) is 6.50. The highest BCUT2D eigenvalue weighted by Gasteiger charge is 2.22. The molecule has 0 bridgehead atoms. The van der Waals surface area contributed by atoms with Crippen LogP contribution < -0.4 is 5.32 Å². The monoisotopic (exact) mass is 486 g/mol. The lowest BCUT2D eigenvalue weighted by atomic mass is 10.1. The van der Waals surface area contributed by atoms with Gasteiger partial charge in [0.05, 0.1) is 17.5 Å². The second-order valence-corrected chi connectivity index (χ2v) is 10.2. The summed E-state index contributed by atoms with van der Waals surface area (Å²) in [6.45, 7) is 9.38. The molecule has 0 radical (unpaired) electrons. The third-order valence-electron chi connectivity index (χ3n) is 5.67. The maximum absolute atomic E-state index is 12.6. The number of thioether (sulfide) groups is 1. The van der Waals surface area contributed by atoms with Crippen molar-refractivity contribution in [2.45, 2.75) is 64.7 Å². The van der Waals surface area contributed by atoms with Crippen LogP contribution >= 0.6 is 23.1 Å². The first-order valence-electron chi connectivity index (χ1n) is 11.4. The fourth-order valence-electron chi connectivity index (χ4n) is 3.61. The molecule has 1 atom stereocenters. The molecule has 0 saturated carbocycles. The van der Waals surface area contributed by atoms with E-state index < -0.39 is 0 Å². The average Bonchev–Trinajstić information content (AvgIpc) is 3.40. The van der Waals surface area contributed by atoms with Gasteiger partial charge in [0.25, 0.3) is 0 Å². The number of hydrogen-bond donors (Lipinski definition) is 1. The minimum atomic E-state index is -0.0905. The molecule has 1 unspecified atom stereocenters. The number of hydrogen-bond acceptors (Lipinski definition) is 7. The van der Waals surface area contributed by atoms with Crippen molar-refractivity contribution in [3.63, 3.8) is 0 Å². The Bertz CT molecular complexity index is 1070. The van der Waals surface area contributed by atoms with Gasteiger partial charge in [-0.1, -0.05) is 44.2 Å². The van der Waals surface area contributed by atoms with Crippen molar-refractivity contribution < 1.29 is 4.79 Å².